The van der Waals surface area contributed by atoms with Gasteiger partial charge in [-0.15, -0.1) is 0 Å². The highest BCUT2D eigenvalue weighted by molar-refractivity contribution is 6.05. The van der Waals surface area contributed by atoms with Crippen molar-refractivity contribution < 1.29 is 4.42 Å². The first-order valence-electron chi connectivity index (χ1n) is 8.55. The number of hydrogen-bond donors (Lipinski definition) is 0. The van der Waals surface area contributed by atoms with Crippen LogP contribution in [0.5, 0.6) is 0 Å². The van der Waals surface area contributed by atoms with Gasteiger partial charge in [-0.3, -0.25) is 0 Å². The van der Waals surface area contributed by atoms with Gasteiger partial charge in [0.1, 0.15) is 11.2 Å². The SMILES string of the molecule is CC(C)(C)Cc1ccc2c(c1)oc1cc(CC(C)(C)C)ccc12. The summed E-state index contributed by atoms with van der Waals surface area (Å²) in [6.45, 7) is 13.6. The molecule has 122 valence electrons. The maximum Gasteiger partial charge on any atom is 0.135 e. The summed E-state index contributed by atoms with van der Waals surface area (Å²) in [5.41, 5.74) is 5.29. The lowest BCUT2D eigenvalue weighted by Crippen LogP contribution is -2.08. The molecule has 0 aliphatic rings. The highest BCUT2D eigenvalue weighted by Gasteiger charge is 2.15. The molecule has 1 heterocycles. The molecule has 1 nitrogen and oxygen atoms in total. The third kappa shape index (κ3) is 3.77. The molecular weight excluding hydrogens is 280 g/mol. The molecule has 0 amide bonds. The van der Waals surface area contributed by atoms with E-state index in [1.807, 2.05) is 0 Å². The molecule has 0 unspecified atom stereocenters. The van der Waals surface area contributed by atoms with Crippen molar-refractivity contribution in [3.05, 3.63) is 47.5 Å². The minimum atomic E-state index is 0.291. The Kier molecular flexibility index (Phi) is 3.78. The van der Waals surface area contributed by atoms with Crippen LogP contribution in [0.2, 0.25) is 0 Å². The first-order chi connectivity index (χ1) is 10.6. The van der Waals surface area contributed by atoms with E-state index in [1.165, 1.54) is 21.9 Å². The zero-order valence-electron chi connectivity index (χ0n) is 15.3. The fourth-order valence-electron chi connectivity index (χ4n) is 3.31. The lowest BCUT2D eigenvalue weighted by atomic mass is 9.87. The molecule has 0 aliphatic heterocycles. The normalized spacial score (nSPS) is 13.1. The summed E-state index contributed by atoms with van der Waals surface area (Å²) in [7, 11) is 0. The van der Waals surface area contributed by atoms with Crippen LogP contribution in [0, 0.1) is 10.8 Å². The average Bonchev–Trinajstić information content (AvgIpc) is 2.71. The third-order valence-electron chi connectivity index (χ3n) is 4.07. The summed E-state index contributed by atoms with van der Waals surface area (Å²) in [6, 6.07) is 13.3. The van der Waals surface area contributed by atoms with E-state index in [0.717, 1.165) is 24.0 Å². The molecule has 23 heavy (non-hydrogen) atoms. The Bertz CT molecular complexity index is 768. The summed E-state index contributed by atoms with van der Waals surface area (Å²) in [5, 5.41) is 2.44. The Labute approximate surface area is 139 Å². The number of benzene rings is 2. The maximum atomic E-state index is 6.16. The van der Waals surface area contributed by atoms with Gasteiger partial charge < -0.3 is 4.42 Å². The van der Waals surface area contributed by atoms with E-state index in [4.69, 9.17) is 4.42 Å². The first-order valence-corrected chi connectivity index (χ1v) is 8.55. The lowest BCUT2D eigenvalue weighted by Gasteiger charge is -2.17. The fourth-order valence-corrected chi connectivity index (χ4v) is 3.31. The van der Waals surface area contributed by atoms with Crippen LogP contribution in [-0.4, -0.2) is 0 Å². The quantitative estimate of drug-likeness (QED) is 0.509. The molecule has 0 aliphatic carbocycles. The molecule has 0 radical (unpaired) electrons. The van der Waals surface area contributed by atoms with E-state index in [9.17, 15) is 0 Å². The van der Waals surface area contributed by atoms with E-state index >= 15 is 0 Å². The van der Waals surface area contributed by atoms with Gasteiger partial charge in [0.25, 0.3) is 0 Å². The smallest absolute Gasteiger partial charge is 0.135 e. The number of rotatable bonds is 2. The molecule has 2 aromatic carbocycles. The highest BCUT2D eigenvalue weighted by atomic mass is 16.3. The van der Waals surface area contributed by atoms with Crippen LogP contribution >= 0.6 is 0 Å². The van der Waals surface area contributed by atoms with Crippen molar-refractivity contribution >= 4 is 21.9 Å². The molecule has 0 atom stereocenters. The molecule has 3 rings (SSSR count). The molecule has 0 fully saturated rings. The second kappa shape index (κ2) is 5.40. The molecule has 0 bridgehead atoms. The summed E-state index contributed by atoms with van der Waals surface area (Å²) < 4.78 is 6.16. The lowest BCUT2D eigenvalue weighted by molar-refractivity contribution is 0.411. The average molecular weight is 308 g/mol. The standard InChI is InChI=1S/C22H28O/c1-21(2,3)13-15-7-9-17-18-10-8-16(14-22(4,5)6)12-20(18)23-19(17)11-15/h7-12H,13-14H2,1-6H3. The Morgan fingerprint density at radius 3 is 1.39 bits per heavy atom. The van der Waals surface area contributed by atoms with E-state index in [2.05, 4.69) is 77.9 Å². The molecule has 1 heteroatoms. The topological polar surface area (TPSA) is 13.1 Å². The summed E-state index contributed by atoms with van der Waals surface area (Å²) in [5.74, 6) is 0. The Morgan fingerprint density at radius 2 is 1.04 bits per heavy atom. The molecule has 3 aromatic rings. The van der Waals surface area contributed by atoms with E-state index in [0.29, 0.717) is 10.8 Å². The van der Waals surface area contributed by atoms with Crippen molar-refractivity contribution in [1.29, 1.82) is 0 Å². The van der Waals surface area contributed by atoms with Crippen LogP contribution in [0.1, 0.15) is 52.7 Å². The fraction of sp³-hybridized carbons (Fsp3) is 0.455. The Morgan fingerprint density at radius 1 is 0.652 bits per heavy atom. The zero-order valence-corrected chi connectivity index (χ0v) is 15.3. The molecule has 1 aromatic heterocycles. The first kappa shape index (κ1) is 16.1. The van der Waals surface area contributed by atoms with Crippen LogP contribution in [-0.2, 0) is 12.8 Å². The molecule has 0 saturated carbocycles. The van der Waals surface area contributed by atoms with Gasteiger partial charge in [-0.05, 0) is 46.9 Å². The molecular formula is C22H28O. The summed E-state index contributed by atoms with van der Waals surface area (Å²) in [4.78, 5) is 0. The Balaban J connectivity index is 2.03. The molecule has 0 N–H and O–H groups in total. The number of hydrogen-bond acceptors (Lipinski definition) is 1. The second-order valence-corrected chi connectivity index (χ2v) is 9.24. The zero-order chi connectivity index (χ0) is 16.8. The summed E-state index contributed by atoms with van der Waals surface area (Å²) in [6.07, 6.45) is 2.13. The van der Waals surface area contributed by atoms with E-state index in [1.54, 1.807) is 0 Å². The van der Waals surface area contributed by atoms with Gasteiger partial charge in [-0.1, -0.05) is 65.8 Å². The molecule has 0 spiro atoms. The van der Waals surface area contributed by atoms with Crippen LogP contribution < -0.4 is 0 Å². The largest absolute Gasteiger partial charge is 0.456 e. The van der Waals surface area contributed by atoms with E-state index in [-0.39, 0.29) is 0 Å². The van der Waals surface area contributed by atoms with Crippen LogP contribution in [0.3, 0.4) is 0 Å². The van der Waals surface area contributed by atoms with Crippen molar-refractivity contribution in [2.24, 2.45) is 10.8 Å². The van der Waals surface area contributed by atoms with Gasteiger partial charge in [0, 0.05) is 10.8 Å². The van der Waals surface area contributed by atoms with E-state index < -0.39 is 0 Å². The van der Waals surface area contributed by atoms with Crippen LogP contribution in [0.25, 0.3) is 21.9 Å². The van der Waals surface area contributed by atoms with Crippen molar-refractivity contribution in [3.63, 3.8) is 0 Å². The second-order valence-electron chi connectivity index (χ2n) is 9.24. The van der Waals surface area contributed by atoms with Gasteiger partial charge in [0.2, 0.25) is 0 Å². The van der Waals surface area contributed by atoms with Crippen LogP contribution in [0.4, 0.5) is 0 Å². The van der Waals surface area contributed by atoms with Crippen molar-refractivity contribution in [2.75, 3.05) is 0 Å². The van der Waals surface area contributed by atoms with Gasteiger partial charge in [-0.25, -0.2) is 0 Å². The third-order valence-corrected chi connectivity index (χ3v) is 4.07. The predicted octanol–water partition coefficient (Wildman–Crippen LogP) is 6.76. The minimum Gasteiger partial charge on any atom is -0.456 e. The van der Waals surface area contributed by atoms with Crippen molar-refractivity contribution in [3.8, 4) is 0 Å². The Hall–Kier alpha value is -1.76. The van der Waals surface area contributed by atoms with Crippen molar-refractivity contribution in [2.45, 2.75) is 54.4 Å². The maximum absolute atomic E-state index is 6.16. The summed E-state index contributed by atoms with van der Waals surface area (Å²) >= 11 is 0. The minimum absolute atomic E-state index is 0.291. The van der Waals surface area contributed by atoms with Gasteiger partial charge in [-0.2, -0.15) is 0 Å². The van der Waals surface area contributed by atoms with Crippen LogP contribution in [0.15, 0.2) is 40.8 Å². The molecule has 0 saturated heterocycles. The van der Waals surface area contributed by atoms with Gasteiger partial charge in [0.15, 0.2) is 0 Å². The van der Waals surface area contributed by atoms with Gasteiger partial charge >= 0.3 is 0 Å². The highest BCUT2D eigenvalue weighted by Crippen LogP contribution is 2.32. The number of furan rings is 1. The van der Waals surface area contributed by atoms with Gasteiger partial charge in [0.05, 0.1) is 0 Å². The number of fused-ring (bicyclic) bond motifs is 3. The monoisotopic (exact) mass is 308 g/mol. The van der Waals surface area contributed by atoms with Crippen molar-refractivity contribution in [1.82, 2.24) is 0 Å². The predicted molar refractivity (Wildman–Crippen MR) is 100 cm³/mol.